The van der Waals surface area contributed by atoms with Crippen LogP contribution >= 0.6 is 25.9 Å². The van der Waals surface area contributed by atoms with Gasteiger partial charge in [0, 0.05) is 0 Å². The van der Waals surface area contributed by atoms with Crippen LogP contribution in [0.5, 0.6) is 0 Å². The Balaban J connectivity index is 0. The van der Waals surface area contributed by atoms with Crippen LogP contribution in [0.25, 0.3) is 0 Å². The zero-order chi connectivity index (χ0) is 0. The topological polar surface area (TPSA) is 0 Å². The molecule has 0 amide bonds. The van der Waals surface area contributed by atoms with Gasteiger partial charge in [0.1, 0.15) is 0 Å². The molecule has 0 aromatic heterocycles. The van der Waals surface area contributed by atoms with Crippen LogP contribution in [0.15, 0.2) is 0 Å². The van der Waals surface area contributed by atoms with E-state index in [4.69, 9.17) is 0 Å². The molecule has 0 aliphatic carbocycles. The molecule has 0 fully saturated rings. The van der Waals surface area contributed by atoms with Crippen LogP contribution in [-0.2, 0) is 0 Å². The van der Waals surface area contributed by atoms with Crippen LogP contribution in [0, 0.1) is 0 Å². The molecule has 0 spiro atoms. The molecule has 0 saturated heterocycles. The quantitative estimate of drug-likeness (QED) is 0.279. The largest absolute Gasteiger partial charge is 1.00 e. The van der Waals surface area contributed by atoms with Gasteiger partial charge in [0.05, 0.1) is 0 Å². The number of hydrogen-bond acceptors (Lipinski definition) is 0. The first kappa shape index (κ1) is 30.3. The predicted molar refractivity (Wildman–Crippen MR) is 19.9 cm³/mol. The number of hydrogen-bond donors (Lipinski definition) is 0. The van der Waals surface area contributed by atoms with Gasteiger partial charge in [0.15, 0.2) is 0 Å². The van der Waals surface area contributed by atoms with E-state index in [2.05, 4.69) is 0 Å². The molecular weight excluding hydrogens is 114 g/mol. The van der Waals surface area contributed by atoms with Crippen molar-refractivity contribution in [1.82, 2.24) is 0 Å². The summed E-state index contributed by atoms with van der Waals surface area (Å²) in [7, 11) is 0. The fourth-order valence-corrected chi connectivity index (χ4v) is 0. The van der Waals surface area contributed by atoms with Gasteiger partial charge in [-0.3, -0.25) is 0 Å². The normalized spacial score (nSPS) is 0. The Labute approximate surface area is 86.5 Å². The summed E-state index contributed by atoms with van der Waals surface area (Å²) in [4.78, 5) is 0. The fourth-order valence-electron chi connectivity index (χ4n) is 0. The van der Waals surface area contributed by atoms with Gasteiger partial charge in [-0.05, 0) is 0 Å². The van der Waals surface area contributed by atoms with E-state index in [-0.39, 0.29) is 87.9 Å². The van der Waals surface area contributed by atoms with Crippen molar-refractivity contribution >= 4 is 25.9 Å². The van der Waals surface area contributed by atoms with Gasteiger partial charge in [0.2, 0.25) is 0 Å². The molecule has 0 nitrogen and oxygen atoms in total. The van der Waals surface area contributed by atoms with Crippen LogP contribution in [0.3, 0.4) is 0 Å². The molecule has 20 valence electrons. The summed E-state index contributed by atoms with van der Waals surface area (Å²) in [6, 6.07) is 0. The van der Waals surface area contributed by atoms with Crippen molar-refractivity contribution < 1.29 is 62.0 Å². The summed E-state index contributed by atoms with van der Waals surface area (Å²) in [6.07, 6.45) is 0. The predicted octanol–water partition coefficient (Wildman–Crippen LogP) is -5.23. The van der Waals surface area contributed by atoms with Crippen molar-refractivity contribution in [1.29, 1.82) is 0 Å². The maximum absolute atomic E-state index is 0. The van der Waals surface area contributed by atoms with Crippen molar-refractivity contribution in [3.05, 3.63) is 0 Å². The monoisotopic (exact) mass is 118 g/mol. The Hall–Kier alpha value is 2.64. The first-order valence-corrected chi connectivity index (χ1v) is 0. The van der Waals surface area contributed by atoms with Crippen molar-refractivity contribution in [2.24, 2.45) is 0 Å². The van der Waals surface area contributed by atoms with Crippen molar-refractivity contribution in [2.45, 2.75) is 0 Å². The van der Waals surface area contributed by atoms with Gasteiger partial charge in [-0.1, -0.05) is 0 Å². The summed E-state index contributed by atoms with van der Waals surface area (Å²) in [5.74, 6) is 0. The molecule has 4 heteroatoms. The van der Waals surface area contributed by atoms with E-state index in [1.165, 1.54) is 0 Å². The van der Waals surface area contributed by atoms with Crippen molar-refractivity contribution in [2.75, 3.05) is 0 Å². The minimum atomic E-state index is 0. The minimum Gasteiger partial charge on any atom is -1.00 e. The van der Waals surface area contributed by atoms with E-state index in [9.17, 15) is 0 Å². The molecule has 0 aliphatic heterocycles. The van der Waals surface area contributed by atoms with Crippen LogP contribution < -0.4 is 59.1 Å². The molecule has 0 unspecified atom stereocenters. The molecule has 4 heavy (non-hydrogen) atoms. The van der Waals surface area contributed by atoms with Crippen molar-refractivity contribution in [3.63, 3.8) is 0 Å². The smallest absolute Gasteiger partial charge is 1.00 e. The molecule has 0 aromatic rings. The first-order chi connectivity index (χ1) is 0. The second-order valence-corrected chi connectivity index (χ2v) is 0. The summed E-state index contributed by atoms with van der Waals surface area (Å²) in [5, 5.41) is 0. The Morgan fingerprint density at radius 1 is 1.00 bits per heavy atom. The third-order valence-electron chi connectivity index (χ3n) is 0. The molecule has 0 radical (unpaired) electrons. The second kappa shape index (κ2) is 17.4. The zero-order valence-corrected chi connectivity index (χ0v) is 8.72. The van der Waals surface area contributed by atoms with Crippen molar-refractivity contribution in [3.8, 4) is 0 Å². The van der Waals surface area contributed by atoms with Crippen LogP contribution in [0.2, 0.25) is 0 Å². The van der Waals surface area contributed by atoms with Gasteiger partial charge >= 0.3 is 59.1 Å². The number of halogens is 1. The van der Waals surface area contributed by atoms with Gasteiger partial charge < -0.3 is 2.85 Å². The summed E-state index contributed by atoms with van der Waals surface area (Å²) >= 11 is 0. The first-order valence-electron chi connectivity index (χ1n) is 0. The zero-order valence-electron chi connectivity index (χ0n) is 4.91. The van der Waals surface area contributed by atoms with E-state index in [1.807, 2.05) is 0 Å². The maximum Gasteiger partial charge on any atom is 1.00 e. The summed E-state index contributed by atoms with van der Waals surface area (Å²) < 4.78 is 0. The number of rotatable bonds is 0. The van der Waals surface area contributed by atoms with Crippen LogP contribution in [-0.4, -0.2) is 0 Å². The Kier molecular flexibility index (Phi) is 132. The molecule has 0 aliphatic rings. The molecule has 0 rings (SSSR count). The summed E-state index contributed by atoms with van der Waals surface area (Å²) in [6.45, 7) is 0. The van der Waals surface area contributed by atoms with Gasteiger partial charge in [0.25, 0.3) is 0 Å². The van der Waals surface area contributed by atoms with E-state index in [1.54, 1.807) is 0 Å². The molecule has 0 bridgehead atoms. The van der Waals surface area contributed by atoms with Crippen LogP contribution in [0.4, 0.5) is 0 Å². The van der Waals surface area contributed by atoms with Gasteiger partial charge in [-0.2, -0.15) is 13.5 Å². The molecule has 0 heterocycles. The third kappa shape index (κ3) is 8.82. The molecule has 0 aromatic carbocycles. The average Bonchev–Trinajstić information content (AvgIpc) is 0. The fraction of sp³-hybridized carbons (Fsp3) is 0. The van der Waals surface area contributed by atoms with Gasteiger partial charge in [-0.25, -0.2) is 0 Å². The SMILES string of the molecule is Cl.S.[H-].[H-].[Na+].[Na+]. The summed E-state index contributed by atoms with van der Waals surface area (Å²) in [5.41, 5.74) is 0. The molecule has 0 N–H and O–H groups in total. The van der Waals surface area contributed by atoms with Gasteiger partial charge in [-0.15, -0.1) is 12.4 Å². The Morgan fingerprint density at radius 3 is 1.00 bits per heavy atom. The Bertz CT molecular complexity index is 11.5. The van der Waals surface area contributed by atoms with E-state index >= 15 is 0 Å². The molecule has 0 saturated carbocycles. The molecule has 0 atom stereocenters. The standard InChI is InChI=1S/ClH.2Na.H2S.2H/h1H;;;1H2;;/q;2*+1;;2*-1. The van der Waals surface area contributed by atoms with E-state index in [0.717, 1.165) is 0 Å². The molecular formula is H5ClNa2S. The van der Waals surface area contributed by atoms with Crippen LogP contribution in [0.1, 0.15) is 2.85 Å². The average molecular weight is 119 g/mol. The Morgan fingerprint density at radius 2 is 1.00 bits per heavy atom. The second-order valence-electron chi connectivity index (χ2n) is 0. The van der Waals surface area contributed by atoms with E-state index < -0.39 is 0 Å². The van der Waals surface area contributed by atoms with E-state index in [0.29, 0.717) is 0 Å². The third-order valence-corrected chi connectivity index (χ3v) is 0. The maximum atomic E-state index is 0. The minimum absolute atomic E-state index is 0.